The second-order valence-electron chi connectivity index (χ2n) is 2.89. The molecule has 76 valence electrons. The van der Waals surface area contributed by atoms with E-state index in [0.717, 1.165) is 5.56 Å². The number of carbonyl (C=O) groups excluding carboxylic acids is 1. The number of hydrogen-bond acceptors (Lipinski definition) is 3. The molecule has 0 fully saturated rings. The van der Waals surface area contributed by atoms with Crippen LogP contribution in [-0.4, -0.2) is 13.2 Å². The predicted molar refractivity (Wildman–Crippen MR) is 53.5 cm³/mol. The molecule has 1 rings (SSSR count). The normalized spacial score (nSPS) is 11.9. The van der Waals surface area contributed by atoms with Crippen molar-refractivity contribution in [1.82, 2.24) is 10.9 Å². The van der Waals surface area contributed by atoms with Gasteiger partial charge in [0, 0.05) is 6.04 Å². The Morgan fingerprint density at radius 2 is 2.00 bits per heavy atom. The van der Waals surface area contributed by atoms with Crippen molar-refractivity contribution in [2.45, 2.75) is 13.0 Å². The maximum absolute atomic E-state index is 10.8. The average molecular weight is 194 g/mol. The fourth-order valence-corrected chi connectivity index (χ4v) is 1.04. The van der Waals surface area contributed by atoms with Crippen LogP contribution >= 0.6 is 0 Å². The number of rotatable bonds is 3. The lowest BCUT2D eigenvalue weighted by Crippen LogP contribution is -2.38. The van der Waals surface area contributed by atoms with Gasteiger partial charge in [0.25, 0.3) is 0 Å². The van der Waals surface area contributed by atoms with Crippen molar-refractivity contribution in [3.63, 3.8) is 0 Å². The highest BCUT2D eigenvalue weighted by molar-refractivity contribution is 5.66. The minimum Gasteiger partial charge on any atom is -0.452 e. The number of hydrogen-bond donors (Lipinski definition) is 2. The van der Waals surface area contributed by atoms with E-state index in [0.29, 0.717) is 0 Å². The van der Waals surface area contributed by atoms with Crippen LogP contribution in [0.2, 0.25) is 0 Å². The first-order valence-electron chi connectivity index (χ1n) is 4.38. The molecule has 14 heavy (non-hydrogen) atoms. The fourth-order valence-electron chi connectivity index (χ4n) is 1.04. The largest absolute Gasteiger partial charge is 0.452 e. The number of hydrazine groups is 1. The summed E-state index contributed by atoms with van der Waals surface area (Å²) < 4.78 is 4.42. The van der Waals surface area contributed by atoms with Crippen molar-refractivity contribution >= 4 is 6.09 Å². The summed E-state index contributed by atoms with van der Waals surface area (Å²) >= 11 is 0. The van der Waals surface area contributed by atoms with Gasteiger partial charge >= 0.3 is 6.09 Å². The van der Waals surface area contributed by atoms with Crippen LogP contribution in [0.15, 0.2) is 30.3 Å². The maximum atomic E-state index is 10.8. The third kappa shape index (κ3) is 3.06. The van der Waals surface area contributed by atoms with Crippen LogP contribution in [0.3, 0.4) is 0 Å². The van der Waals surface area contributed by atoms with E-state index in [1.165, 1.54) is 7.11 Å². The second kappa shape index (κ2) is 5.24. The summed E-state index contributed by atoms with van der Waals surface area (Å²) in [5.41, 5.74) is 6.35. The van der Waals surface area contributed by atoms with Gasteiger partial charge in [-0.1, -0.05) is 30.3 Å². The zero-order chi connectivity index (χ0) is 10.4. The van der Waals surface area contributed by atoms with E-state index >= 15 is 0 Å². The van der Waals surface area contributed by atoms with Crippen molar-refractivity contribution < 1.29 is 9.53 Å². The van der Waals surface area contributed by atoms with Crippen molar-refractivity contribution in [3.05, 3.63) is 35.9 Å². The summed E-state index contributed by atoms with van der Waals surface area (Å²) in [5.74, 6) is 0. The number of carbonyl (C=O) groups is 1. The van der Waals surface area contributed by atoms with Gasteiger partial charge in [-0.3, -0.25) is 5.43 Å². The molecule has 0 saturated heterocycles. The lowest BCUT2D eigenvalue weighted by molar-refractivity contribution is 0.163. The molecule has 0 radical (unpaired) electrons. The van der Waals surface area contributed by atoms with Gasteiger partial charge in [-0.25, -0.2) is 10.2 Å². The van der Waals surface area contributed by atoms with E-state index in [1.807, 2.05) is 37.3 Å². The van der Waals surface area contributed by atoms with E-state index in [1.54, 1.807) is 0 Å². The zero-order valence-electron chi connectivity index (χ0n) is 8.28. The molecule has 0 aromatic heterocycles. The van der Waals surface area contributed by atoms with E-state index in [2.05, 4.69) is 15.6 Å². The van der Waals surface area contributed by atoms with Gasteiger partial charge < -0.3 is 4.74 Å². The lowest BCUT2D eigenvalue weighted by Gasteiger charge is -2.13. The van der Waals surface area contributed by atoms with E-state index < -0.39 is 6.09 Å². The average Bonchev–Trinajstić information content (AvgIpc) is 2.26. The Bertz CT molecular complexity index is 287. The summed E-state index contributed by atoms with van der Waals surface area (Å²) in [6, 6.07) is 9.87. The maximum Gasteiger partial charge on any atom is 0.421 e. The van der Waals surface area contributed by atoms with Gasteiger partial charge in [-0.05, 0) is 12.5 Å². The lowest BCUT2D eigenvalue weighted by atomic mass is 10.1. The highest BCUT2D eigenvalue weighted by atomic mass is 16.5. The number of methoxy groups -OCH3 is 1. The van der Waals surface area contributed by atoms with Crippen LogP contribution in [0.4, 0.5) is 4.79 Å². The third-order valence-corrected chi connectivity index (χ3v) is 1.88. The van der Waals surface area contributed by atoms with Crippen LogP contribution in [0.25, 0.3) is 0 Å². The molecule has 1 aromatic carbocycles. The molecule has 4 heteroatoms. The van der Waals surface area contributed by atoms with Crippen LogP contribution in [-0.2, 0) is 4.74 Å². The molecule has 4 nitrogen and oxygen atoms in total. The summed E-state index contributed by atoms with van der Waals surface area (Å²) in [5, 5.41) is 0. The molecule has 0 bridgehead atoms. The number of benzene rings is 1. The first kappa shape index (κ1) is 10.5. The Kier molecular flexibility index (Phi) is 3.94. The van der Waals surface area contributed by atoms with Crippen molar-refractivity contribution in [2.24, 2.45) is 0 Å². The fraction of sp³-hybridized carbons (Fsp3) is 0.300. The van der Waals surface area contributed by atoms with Crippen molar-refractivity contribution in [2.75, 3.05) is 7.11 Å². The Morgan fingerprint density at radius 3 is 2.57 bits per heavy atom. The van der Waals surface area contributed by atoms with E-state index in [-0.39, 0.29) is 6.04 Å². The molecule has 0 saturated carbocycles. The molecule has 1 aromatic rings. The summed E-state index contributed by atoms with van der Waals surface area (Å²) in [6.07, 6.45) is -0.493. The number of ether oxygens (including phenoxy) is 1. The smallest absolute Gasteiger partial charge is 0.421 e. The number of nitrogens with one attached hydrogen (secondary N) is 2. The van der Waals surface area contributed by atoms with Gasteiger partial charge in [0.05, 0.1) is 7.11 Å². The Morgan fingerprint density at radius 1 is 1.36 bits per heavy atom. The summed E-state index contributed by atoms with van der Waals surface area (Å²) in [7, 11) is 1.32. The molecule has 0 heterocycles. The van der Waals surface area contributed by atoms with Gasteiger partial charge in [-0.15, -0.1) is 0 Å². The molecule has 0 unspecified atom stereocenters. The highest BCUT2D eigenvalue weighted by Gasteiger charge is 2.04. The first-order chi connectivity index (χ1) is 6.74. The van der Waals surface area contributed by atoms with Gasteiger partial charge in [0.2, 0.25) is 0 Å². The third-order valence-electron chi connectivity index (χ3n) is 1.88. The minimum absolute atomic E-state index is 0.0512. The standard InChI is InChI=1S/C10H14N2O2/c1-8(11-12-10(13)14-2)9-6-4-3-5-7-9/h3-8,11H,1-2H3,(H,12,13)/t8-/m0/s1. The van der Waals surface area contributed by atoms with Gasteiger partial charge in [-0.2, -0.15) is 0 Å². The number of amides is 1. The SMILES string of the molecule is COC(=O)NN[C@@H](C)c1ccccc1. The summed E-state index contributed by atoms with van der Waals surface area (Å²) in [6.45, 7) is 1.95. The van der Waals surface area contributed by atoms with Crippen LogP contribution in [0.5, 0.6) is 0 Å². The van der Waals surface area contributed by atoms with Crippen molar-refractivity contribution in [1.29, 1.82) is 0 Å². The monoisotopic (exact) mass is 194 g/mol. The second-order valence-corrected chi connectivity index (χ2v) is 2.89. The topological polar surface area (TPSA) is 50.4 Å². The Hall–Kier alpha value is -1.55. The molecule has 0 aliphatic rings. The van der Waals surface area contributed by atoms with Crippen LogP contribution in [0, 0.1) is 0 Å². The molecule has 1 atom stereocenters. The molecule has 1 amide bonds. The molecule has 0 aliphatic heterocycles. The van der Waals surface area contributed by atoms with E-state index in [9.17, 15) is 4.79 Å². The predicted octanol–water partition coefficient (Wildman–Crippen LogP) is 1.61. The molecule has 0 aliphatic carbocycles. The molecule has 2 N–H and O–H groups in total. The Balaban J connectivity index is 2.43. The highest BCUT2D eigenvalue weighted by Crippen LogP contribution is 2.09. The molecule has 0 spiro atoms. The minimum atomic E-state index is -0.493. The van der Waals surface area contributed by atoms with Gasteiger partial charge in [0.15, 0.2) is 0 Å². The van der Waals surface area contributed by atoms with Gasteiger partial charge in [0.1, 0.15) is 0 Å². The Labute approximate surface area is 83.2 Å². The first-order valence-corrected chi connectivity index (χ1v) is 4.38. The van der Waals surface area contributed by atoms with Crippen LogP contribution in [0.1, 0.15) is 18.5 Å². The molecular weight excluding hydrogens is 180 g/mol. The quantitative estimate of drug-likeness (QED) is 0.719. The molecular formula is C10H14N2O2. The van der Waals surface area contributed by atoms with Crippen molar-refractivity contribution in [3.8, 4) is 0 Å². The van der Waals surface area contributed by atoms with E-state index in [4.69, 9.17) is 0 Å². The zero-order valence-corrected chi connectivity index (χ0v) is 8.28. The van der Waals surface area contributed by atoms with Crippen LogP contribution < -0.4 is 10.9 Å². The summed E-state index contributed by atoms with van der Waals surface area (Å²) in [4.78, 5) is 10.8.